The number of anilines is 1. The number of nitrogens with zero attached hydrogens (tertiary/aromatic N) is 3. The molecule has 1 rings (SSSR count). The quantitative estimate of drug-likeness (QED) is 0.340. The predicted octanol–water partition coefficient (Wildman–Crippen LogP) is 4.75. The molecule has 29 heavy (non-hydrogen) atoms. The third kappa shape index (κ3) is 8.25. The summed E-state index contributed by atoms with van der Waals surface area (Å²) in [5.41, 5.74) is 0.0108. The summed E-state index contributed by atoms with van der Waals surface area (Å²) in [6, 6.07) is 1.92. The summed E-state index contributed by atoms with van der Waals surface area (Å²) in [5.74, 6) is 0. The third-order valence-electron chi connectivity index (χ3n) is 4.60. The van der Waals surface area contributed by atoms with Crippen molar-refractivity contribution < 1.29 is 23.0 Å². The highest BCUT2D eigenvalue weighted by Gasteiger charge is 2.33. The van der Waals surface area contributed by atoms with Crippen LogP contribution in [0.2, 0.25) is 0 Å². The lowest BCUT2D eigenvalue weighted by Crippen LogP contribution is -2.29. The molecule has 0 fully saturated rings. The highest BCUT2D eigenvalue weighted by atomic mass is 19.4. The molecule has 0 unspecified atom stereocenters. The van der Waals surface area contributed by atoms with Gasteiger partial charge in [0.2, 0.25) is 13.1 Å². The summed E-state index contributed by atoms with van der Waals surface area (Å²) in [5, 5.41) is 21.7. The summed E-state index contributed by atoms with van der Waals surface area (Å²) >= 11 is 0. The first-order chi connectivity index (χ1) is 13.6. The number of nitro groups is 2. The Morgan fingerprint density at radius 2 is 1.31 bits per heavy atom. The summed E-state index contributed by atoms with van der Waals surface area (Å²) in [7, 11) is 0. The fourth-order valence-corrected chi connectivity index (χ4v) is 3.17. The highest BCUT2D eigenvalue weighted by molar-refractivity contribution is 5.62. The van der Waals surface area contributed by atoms with E-state index in [1.165, 1.54) is 0 Å². The van der Waals surface area contributed by atoms with Crippen molar-refractivity contribution in [1.29, 1.82) is 0 Å². The molecule has 0 N–H and O–H groups in total. The molecule has 164 valence electrons. The number of benzene rings is 1. The number of hydrogen-bond donors (Lipinski definition) is 0. The van der Waals surface area contributed by atoms with E-state index in [2.05, 4.69) is 0 Å². The Morgan fingerprint density at radius 1 is 0.897 bits per heavy atom. The van der Waals surface area contributed by atoms with E-state index in [1.54, 1.807) is 0 Å². The Bertz CT molecular complexity index is 649. The normalized spacial score (nSPS) is 11.5. The molecule has 0 spiro atoms. The monoisotopic (exact) mass is 419 g/mol. The van der Waals surface area contributed by atoms with Crippen LogP contribution in [0, 0.1) is 20.2 Å². The van der Waals surface area contributed by atoms with E-state index in [0.717, 1.165) is 37.8 Å². The Kier molecular flexibility index (Phi) is 9.84. The van der Waals surface area contributed by atoms with E-state index < -0.39 is 34.7 Å². The first kappa shape index (κ1) is 24.6. The molecule has 0 aliphatic carbocycles. The van der Waals surface area contributed by atoms with E-state index in [0.29, 0.717) is 18.8 Å². The van der Waals surface area contributed by atoms with Crippen LogP contribution in [0.4, 0.5) is 18.9 Å². The van der Waals surface area contributed by atoms with Crippen molar-refractivity contribution in [2.45, 2.75) is 58.5 Å². The topological polar surface area (TPSA) is 89.5 Å². The summed E-state index contributed by atoms with van der Waals surface area (Å²) in [4.78, 5) is 22.5. The second-order valence-corrected chi connectivity index (χ2v) is 6.95. The maximum Gasteiger partial charge on any atom is 0.416 e. The molecule has 0 radical (unpaired) electrons. The Hall–Kier alpha value is -2.39. The van der Waals surface area contributed by atoms with Crippen molar-refractivity contribution in [2.75, 3.05) is 31.1 Å². The minimum absolute atomic E-state index is 0.160. The van der Waals surface area contributed by atoms with Gasteiger partial charge in [-0.1, -0.05) is 26.7 Å². The first-order valence-corrected chi connectivity index (χ1v) is 9.81. The highest BCUT2D eigenvalue weighted by Crippen LogP contribution is 2.36. The van der Waals surface area contributed by atoms with Gasteiger partial charge in [0.25, 0.3) is 0 Å². The lowest BCUT2D eigenvalue weighted by Gasteiger charge is -2.30. The van der Waals surface area contributed by atoms with Crippen LogP contribution in [-0.4, -0.2) is 36.0 Å². The zero-order valence-corrected chi connectivity index (χ0v) is 16.8. The lowest BCUT2D eigenvalue weighted by atomic mass is 9.96. The van der Waals surface area contributed by atoms with Crippen LogP contribution in [0.5, 0.6) is 0 Å². The fraction of sp³-hybridized carbons (Fsp3) is 0.684. The van der Waals surface area contributed by atoms with Gasteiger partial charge in [-0.15, -0.1) is 0 Å². The molecule has 0 bridgehead atoms. The second-order valence-electron chi connectivity index (χ2n) is 6.95. The number of alkyl halides is 3. The number of rotatable bonds is 13. The largest absolute Gasteiger partial charge is 0.416 e. The zero-order chi connectivity index (χ0) is 22.0. The molecule has 0 aromatic heterocycles. The molecule has 10 heteroatoms. The average Bonchev–Trinajstić information content (AvgIpc) is 2.64. The van der Waals surface area contributed by atoms with Gasteiger partial charge < -0.3 is 4.90 Å². The molecule has 0 atom stereocenters. The van der Waals surface area contributed by atoms with E-state index in [9.17, 15) is 33.4 Å². The van der Waals surface area contributed by atoms with Crippen LogP contribution in [-0.2, 0) is 19.0 Å². The van der Waals surface area contributed by atoms with Crippen LogP contribution in [0.25, 0.3) is 0 Å². The van der Waals surface area contributed by atoms with E-state index >= 15 is 0 Å². The van der Waals surface area contributed by atoms with Crippen LogP contribution < -0.4 is 4.90 Å². The van der Waals surface area contributed by atoms with Gasteiger partial charge in [-0.2, -0.15) is 13.2 Å². The maximum atomic E-state index is 13.4. The van der Waals surface area contributed by atoms with Crippen LogP contribution in [0.3, 0.4) is 0 Å². The van der Waals surface area contributed by atoms with Crippen molar-refractivity contribution in [3.63, 3.8) is 0 Å². The third-order valence-corrected chi connectivity index (χ3v) is 4.60. The van der Waals surface area contributed by atoms with E-state index in [1.807, 2.05) is 18.7 Å². The van der Waals surface area contributed by atoms with Crippen LogP contribution in [0.15, 0.2) is 12.1 Å². The van der Waals surface area contributed by atoms with Crippen molar-refractivity contribution in [3.05, 3.63) is 49.1 Å². The molecule has 0 saturated carbocycles. The van der Waals surface area contributed by atoms with Crippen molar-refractivity contribution in [3.8, 4) is 0 Å². The number of halogens is 3. The minimum atomic E-state index is -4.64. The molecule has 1 aromatic rings. The van der Waals surface area contributed by atoms with Crippen molar-refractivity contribution in [1.82, 2.24) is 0 Å². The average molecular weight is 419 g/mol. The number of unbranched alkanes of at least 4 members (excludes halogenated alkanes) is 2. The molecule has 0 heterocycles. The fourth-order valence-electron chi connectivity index (χ4n) is 3.17. The molecule has 1 aromatic carbocycles. The van der Waals surface area contributed by atoms with Crippen molar-refractivity contribution >= 4 is 5.69 Å². The van der Waals surface area contributed by atoms with Gasteiger partial charge >= 0.3 is 6.18 Å². The molecule has 0 saturated heterocycles. The SMILES string of the molecule is CCCCN(CCCC)c1c(CC[N+](=O)[O-])cc(C(F)(F)F)cc1CC[N+](=O)[O-]. The molecular formula is C19H28F3N3O4. The van der Waals surface area contributed by atoms with Gasteiger partial charge in [-0.3, -0.25) is 20.2 Å². The van der Waals surface area contributed by atoms with Gasteiger partial charge in [0.15, 0.2) is 0 Å². The molecule has 0 amide bonds. The number of hydrogen-bond acceptors (Lipinski definition) is 5. The van der Waals surface area contributed by atoms with Gasteiger partial charge in [0.05, 0.1) is 5.56 Å². The standard InChI is InChI=1S/C19H28F3N3O4/c1-3-5-9-23(10-6-4-2)18-15(7-11-24(26)27)13-17(19(20,21)22)14-16(18)8-12-25(28)29/h13-14H,3-12H2,1-2H3. The maximum absolute atomic E-state index is 13.4. The van der Waals surface area contributed by atoms with E-state index in [-0.39, 0.29) is 24.0 Å². The molecule has 0 aliphatic heterocycles. The lowest BCUT2D eigenvalue weighted by molar-refractivity contribution is -0.479. The first-order valence-electron chi connectivity index (χ1n) is 9.81. The minimum Gasteiger partial charge on any atom is -0.371 e. The van der Waals surface area contributed by atoms with Gasteiger partial charge in [0.1, 0.15) is 0 Å². The second kappa shape index (κ2) is 11.6. The van der Waals surface area contributed by atoms with Gasteiger partial charge in [-0.05, 0) is 36.1 Å². The Labute approximate surface area is 168 Å². The smallest absolute Gasteiger partial charge is 0.371 e. The summed E-state index contributed by atoms with van der Waals surface area (Å²) in [6.45, 7) is 4.15. The van der Waals surface area contributed by atoms with Gasteiger partial charge in [0, 0.05) is 41.5 Å². The zero-order valence-electron chi connectivity index (χ0n) is 16.8. The Balaban J connectivity index is 3.56. The summed E-state index contributed by atoms with van der Waals surface area (Å²) < 4.78 is 40.2. The van der Waals surface area contributed by atoms with Crippen LogP contribution in [0.1, 0.15) is 56.2 Å². The molecule has 7 nitrogen and oxygen atoms in total. The molecular weight excluding hydrogens is 391 g/mol. The summed E-state index contributed by atoms with van der Waals surface area (Å²) in [6.07, 6.45) is -1.61. The van der Waals surface area contributed by atoms with E-state index in [4.69, 9.17) is 0 Å². The van der Waals surface area contributed by atoms with Crippen molar-refractivity contribution in [2.24, 2.45) is 0 Å². The predicted molar refractivity (Wildman–Crippen MR) is 105 cm³/mol. The van der Waals surface area contributed by atoms with Gasteiger partial charge in [-0.25, -0.2) is 0 Å². The Morgan fingerprint density at radius 3 is 1.62 bits per heavy atom. The molecule has 0 aliphatic rings. The van der Waals surface area contributed by atoms with Crippen LogP contribution >= 0.6 is 0 Å².